The van der Waals surface area contributed by atoms with Crippen molar-refractivity contribution in [3.05, 3.63) is 53.7 Å². The van der Waals surface area contributed by atoms with E-state index in [-0.39, 0.29) is 0 Å². The molecule has 0 spiro atoms. The van der Waals surface area contributed by atoms with E-state index in [0.717, 1.165) is 30.0 Å². The quantitative estimate of drug-likeness (QED) is 0.782. The largest absolute Gasteiger partial charge is 0.386 e. The van der Waals surface area contributed by atoms with Gasteiger partial charge in [0.15, 0.2) is 0 Å². The van der Waals surface area contributed by atoms with E-state index < -0.39 is 6.10 Å². The maximum absolute atomic E-state index is 10.5. The van der Waals surface area contributed by atoms with Crippen molar-refractivity contribution in [1.29, 1.82) is 0 Å². The van der Waals surface area contributed by atoms with Crippen LogP contribution in [0.2, 0.25) is 0 Å². The predicted octanol–water partition coefficient (Wildman–Crippen LogP) is 2.39. The molecule has 0 aliphatic rings. The molecule has 1 unspecified atom stereocenters. The summed E-state index contributed by atoms with van der Waals surface area (Å²) in [5.74, 6) is 0. The van der Waals surface area contributed by atoms with E-state index >= 15 is 0 Å². The second-order valence-corrected chi connectivity index (χ2v) is 5.15. The number of hydrogen-bond donors (Lipinski definition) is 1. The van der Waals surface area contributed by atoms with Gasteiger partial charge in [0.1, 0.15) is 11.8 Å². The van der Waals surface area contributed by atoms with Crippen LogP contribution in [0.1, 0.15) is 37.0 Å². The third kappa shape index (κ3) is 2.69. The number of nitrogens with zero attached hydrogens (tertiary/aromatic N) is 4. The summed E-state index contributed by atoms with van der Waals surface area (Å²) < 4.78 is 3.88. The highest BCUT2D eigenvalue weighted by molar-refractivity contribution is 5.39. The average molecular weight is 284 g/mol. The van der Waals surface area contributed by atoms with Gasteiger partial charge in [0, 0.05) is 31.1 Å². The first-order valence-electron chi connectivity index (χ1n) is 7.38. The molecule has 0 aliphatic heterocycles. The molecule has 0 saturated heterocycles. The lowest BCUT2D eigenvalue weighted by Crippen LogP contribution is -2.08. The molecule has 0 saturated carbocycles. The second-order valence-electron chi connectivity index (χ2n) is 5.15. The fourth-order valence-corrected chi connectivity index (χ4v) is 2.54. The predicted molar refractivity (Wildman–Crippen MR) is 81.1 cm³/mol. The lowest BCUT2D eigenvalue weighted by molar-refractivity contribution is 0.171. The van der Waals surface area contributed by atoms with Crippen LogP contribution in [-0.4, -0.2) is 24.3 Å². The van der Waals surface area contributed by atoms with Gasteiger partial charge in [-0.25, -0.2) is 4.98 Å². The van der Waals surface area contributed by atoms with E-state index in [1.165, 1.54) is 0 Å². The zero-order valence-corrected chi connectivity index (χ0v) is 12.4. The Morgan fingerprint density at radius 1 is 1.29 bits per heavy atom. The monoisotopic (exact) mass is 284 g/mol. The van der Waals surface area contributed by atoms with E-state index in [4.69, 9.17) is 0 Å². The normalized spacial score (nSPS) is 12.9. The summed E-state index contributed by atoms with van der Waals surface area (Å²) in [6.45, 7) is 4.96. The van der Waals surface area contributed by atoms with Gasteiger partial charge in [-0.2, -0.15) is 5.10 Å². The molecule has 0 aliphatic carbocycles. The van der Waals surface area contributed by atoms with Crippen molar-refractivity contribution in [1.82, 2.24) is 19.2 Å². The highest BCUT2D eigenvalue weighted by Crippen LogP contribution is 2.19. The van der Waals surface area contributed by atoms with Crippen molar-refractivity contribution in [2.75, 3.05) is 0 Å². The van der Waals surface area contributed by atoms with Crippen molar-refractivity contribution in [3.8, 4) is 0 Å². The molecule has 3 rings (SSSR count). The summed E-state index contributed by atoms with van der Waals surface area (Å²) in [6, 6.07) is 7.90. The smallest absolute Gasteiger partial charge is 0.137 e. The van der Waals surface area contributed by atoms with Gasteiger partial charge in [-0.05, 0) is 31.5 Å². The SMILES string of the molecule is CCc1cc(CC(O)c2cn3ccccc3n2)n(CC)n1. The van der Waals surface area contributed by atoms with Crippen LogP contribution in [0.4, 0.5) is 0 Å². The molecule has 5 heteroatoms. The molecule has 1 N–H and O–H groups in total. The van der Waals surface area contributed by atoms with E-state index in [1.54, 1.807) is 0 Å². The van der Waals surface area contributed by atoms with Gasteiger partial charge in [-0.3, -0.25) is 4.68 Å². The average Bonchev–Trinajstić information content (AvgIpc) is 3.10. The van der Waals surface area contributed by atoms with Crippen molar-refractivity contribution in [2.24, 2.45) is 0 Å². The lowest BCUT2D eigenvalue weighted by Gasteiger charge is -2.08. The molecule has 21 heavy (non-hydrogen) atoms. The van der Waals surface area contributed by atoms with Crippen molar-refractivity contribution in [2.45, 2.75) is 39.3 Å². The zero-order valence-electron chi connectivity index (χ0n) is 12.4. The van der Waals surface area contributed by atoms with Gasteiger partial charge in [0.05, 0.1) is 11.4 Å². The molecule has 3 aromatic heterocycles. The topological polar surface area (TPSA) is 55.4 Å². The van der Waals surface area contributed by atoms with E-state index in [9.17, 15) is 5.11 Å². The van der Waals surface area contributed by atoms with Crippen molar-refractivity contribution < 1.29 is 5.11 Å². The van der Waals surface area contributed by atoms with Crippen molar-refractivity contribution >= 4 is 5.65 Å². The Kier molecular flexibility index (Phi) is 3.75. The van der Waals surface area contributed by atoms with Gasteiger partial charge in [-0.1, -0.05) is 13.0 Å². The molecule has 0 amide bonds. The van der Waals surface area contributed by atoms with Crippen LogP contribution in [0, 0.1) is 0 Å². The standard InChI is InChI=1S/C16H20N4O/c1-3-12-9-13(20(4-2)18-12)10-15(21)14-11-19-8-6-5-7-16(19)17-14/h5-9,11,15,21H,3-4,10H2,1-2H3. The number of rotatable bonds is 5. The Morgan fingerprint density at radius 3 is 2.86 bits per heavy atom. The van der Waals surface area contributed by atoms with Crippen LogP contribution < -0.4 is 0 Å². The number of aromatic nitrogens is 4. The van der Waals surface area contributed by atoms with E-state index in [0.29, 0.717) is 12.1 Å². The third-order valence-electron chi connectivity index (χ3n) is 3.70. The van der Waals surface area contributed by atoms with Gasteiger partial charge < -0.3 is 9.51 Å². The highest BCUT2D eigenvalue weighted by atomic mass is 16.3. The van der Waals surface area contributed by atoms with Gasteiger partial charge >= 0.3 is 0 Å². The van der Waals surface area contributed by atoms with Gasteiger partial charge in [-0.15, -0.1) is 0 Å². The highest BCUT2D eigenvalue weighted by Gasteiger charge is 2.16. The number of imidazole rings is 1. The molecular weight excluding hydrogens is 264 g/mol. The maximum Gasteiger partial charge on any atom is 0.137 e. The first-order valence-corrected chi connectivity index (χ1v) is 7.38. The maximum atomic E-state index is 10.5. The summed E-state index contributed by atoms with van der Waals surface area (Å²) in [5.41, 5.74) is 3.67. The molecule has 0 bridgehead atoms. The number of pyridine rings is 1. The minimum absolute atomic E-state index is 0.532. The Hall–Kier alpha value is -2.14. The van der Waals surface area contributed by atoms with Gasteiger partial charge in [0.25, 0.3) is 0 Å². The Morgan fingerprint density at radius 2 is 2.14 bits per heavy atom. The molecule has 5 nitrogen and oxygen atoms in total. The number of aliphatic hydroxyl groups excluding tert-OH is 1. The first kappa shape index (κ1) is 13.8. The summed E-state index contributed by atoms with van der Waals surface area (Å²) >= 11 is 0. The first-order chi connectivity index (χ1) is 10.2. The Labute approximate surface area is 123 Å². The lowest BCUT2D eigenvalue weighted by atomic mass is 10.1. The van der Waals surface area contributed by atoms with Crippen LogP contribution >= 0.6 is 0 Å². The van der Waals surface area contributed by atoms with E-state index in [2.05, 4.69) is 30.0 Å². The molecule has 0 aromatic carbocycles. The fourth-order valence-electron chi connectivity index (χ4n) is 2.54. The van der Waals surface area contributed by atoms with E-state index in [1.807, 2.05) is 39.7 Å². The number of fused-ring (bicyclic) bond motifs is 1. The summed E-state index contributed by atoms with van der Waals surface area (Å²) in [6.07, 6.45) is 4.64. The van der Waals surface area contributed by atoms with Crippen LogP contribution in [0.25, 0.3) is 5.65 Å². The van der Waals surface area contributed by atoms with Crippen molar-refractivity contribution in [3.63, 3.8) is 0 Å². The summed E-state index contributed by atoms with van der Waals surface area (Å²) in [4.78, 5) is 4.47. The molecule has 3 aromatic rings. The molecule has 0 radical (unpaired) electrons. The van der Waals surface area contributed by atoms with Gasteiger partial charge in [0.2, 0.25) is 0 Å². The molecule has 3 heterocycles. The van der Waals surface area contributed by atoms with Crippen LogP contribution in [0.5, 0.6) is 0 Å². The molecule has 0 fully saturated rings. The van der Waals surface area contributed by atoms with Crippen LogP contribution in [0.3, 0.4) is 0 Å². The number of aliphatic hydroxyl groups is 1. The van der Waals surface area contributed by atoms with Crippen LogP contribution in [-0.2, 0) is 19.4 Å². The fraction of sp³-hybridized carbons (Fsp3) is 0.375. The summed E-state index contributed by atoms with van der Waals surface area (Å²) in [5, 5.41) is 15.0. The minimum atomic E-state index is -0.614. The zero-order chi connectivity index (χ0) is 14.8. The molecule has 1 atom stereocenters. The second kappa shape index (κ2) is 5.69. The van der Waals surface area contributed by atoms with Crippen LogP contribution in [0.15, 0.2) is 36.7 Å². The number of aryl methyl sites for hydroxylation is 2. The minimum Gasteiger partial charge on any atom is -0.386 e. The third-order valence-corrected chi connectivity index (χ3v) is 3.70. The Balaban J connectivity index is 1.85. The number of hydrogen-bond acceptors (Lipinski definition) is 3. The Bertz CT molecular complexity index is 711. The molecular formula is C16H20N4O. The molecule has 110 valence electrons. The summed E-state index contributed by atoms with van der Waals surface area (Å²) in [7, 11) is 0.